The Balaban J connectivity index is 1.99. The first-order valence-corrected chi connectivity index (χ1v) is 8.03. The van der Waals surface area contributed by atoms with E-state index in [1.54, 1.807) is 11.2 Å². The summed E-state index contributed by atoms with van der Waals surface area (Å²) in [5.41, 5.74) is 2.17. The molecule has 5 nitrogen and oxygen atoms in total. The van der Waals surface area contributed by atoms with E-state index >= 15 is 0 Å². The maximum Gasteiger partial charge on any atom is 0.231 e. The molecule has 0 bridgehead atoms. The van der Waals surface area contributed by atoms with Gasteiger partial charge >= 0.3 is 0 Å². The summed E-state index contributed by atoms with van der Waals surface area (Å²) in [6.45, 7) is 4.28. The minimum Gasteiger partial charge on any atom is -0.454 e. The molecule has 1 unspecified atom stereocenters. The third-order valence-electron chi connectivity index (χ3n) is 3.75. The lowest BCUT2D eigenvalue weighted by atomic mass is 9.96. The molecular formula is C13H17NO4S. The summed E-state index contributed by atoms with van der Waals surface area (Å²) < 4.78 is 36.4. The molecule has 2 aliphatic heterocycles. The van der Waals surface area contributed by atoms with Crippen LogP contribution in [0.15, 0.2) is 12.1 Å². The highest BCUT2D eigenvalue weighted by atomic mass is 32.2. The maximum absolute atomic E-state index is 12.1. The Morgan fingerprint density at radius 1 is 1.26 bits per heavy atom. The van der Waals surface area contributed by atoms with Crippen molar-refractivity contribution < 1.29 is 17.9 Å². The van der Waals surface area contributed by atoms with Crippen molar-refractivity contribution in [1.29, 1.82) is 0 Å². The van der Waals surface area contributed by atoms with E-state index in [9.17, 15) is 8.42 Å². The molecule has 2 aliphatic rings. The molecule has 1 aromatic rings. The second kappa shape index (κ2) is 4.38. The van der Waals surface area contributed by atoms with Gasteiger partial charge in [-0.15, -0.1) is 0 Å². The van der Waals surface area contributed by atoms with Crippen LogP contribution in [0.1, 0.15) is 25.0 Å². The number of fused-ring (bicyclic) bond motifs is 2. The van der Waals surface area contributed by atoms with Gasteiger partial charge in [-0.25, -0.2) is 8.42 Å². The van der Waals surface area contributed by atoms with Crippen molar-refractivity contribution in [2.24, 2.45) is 0 Å². The van der Waals surface area contributed by atoms with E-state index in [0.717, 1.165) is 16.9 Å². The van der Waals surface area contributed by atoms with Gasteiger partial charge in [-0.2, -0.15) is 4.31 Å². The van der Waals surface area contributed by atoms with Gasteiger partial charge < -0.3 is 9.47 Å². The Hall–Kier alpha value is -1.27. The minimum atomic E-state index is -3.17. The number of hydrogen-bond acceptors (Lipinski definition) is 4. The van der Waals surface area contributed by atoms with Crippen LogP contribution in [-0.2, 0) is 23.0 Å². The number of nitrogens with zero attached hydrogens (tertiary/aromatic N) is 1. The monoisotopic (exact) mass is 283 g/mol. The second-order valence-electron chi connectivity index (χ2n) is 4.97. The zero-order chi connectivity index (χ0) is 13.6. The summed E-state index contributed by atoms with van der Waals surface area (Å²) >= 11 is 0. The molecule has 0 saturated carbocycles. The van der Waals surface area contributed by atoms with E-state index in [1.165, 1.54) is 0 Å². The van der Waals surface area contributed by atoms with Crippen molar-refractivity contribution in [3.05, 3.63) is 23.3 Å². The number of hydrogen-bond donors (Lipinski definition) is 0. The second-order valence-corrected chi connectivity index (χ2v) is 7.18. The topological polar surface area (TPSA) is 55.8 Å². The molecule has 0 aromatic heterocycles. The van der Waals surface area contributed by atoms with E-state index in [4.69, 9.17) is 9.47 Å². The molecule has 0 amide bonds. The lowest BCUT2D eigenvalue weighted by molar-refractivity contribution is 0.174. The zero-order valence-electron chi connectivity index (χ0n) is 11.0. The molecule has 19 heavy (non-hydrogen) atoms. The fraction of sp³-hybridized carbons (Fsp3) is 0.538. The molecule has 0 aliphatic carbocycles. The average molecular weight is 283 g/mol. The lowest BCUT2D eigenvalue weighted by Gasteiger charge is -2.33. The van der Waals surface area contributed by atoms with Crippen LogP contribution in [0, 0.1) is 0 Å². The molecule has 0 fully saturated rings. The van der Waals surface area contributed by atoms with Crippen molar-refractivity contribution in [2.45, 2.75) is 32.9 Å². The summed E-state index contributed by atoms with van der Waals surface area (Å²) in [4.78, 5) is 0. The quantitative estimate of drug-likeness (QED) is 0.825. The standard InChI is InChI=1S/C13H17NO4S/c1-3-19(15,16)14-7-11-6-13-12(17-8-18-13)5-10(11)4-9(14)2/h5-6,9H,3-4,7-8H2,1-2H3. The smallest absolute Gasteiger partial charge is 0.231 e. The molecule has 0 saturated heterocycles. The van der Waals surface area contributed by atoms with Crippen LogP contribution in [0.3, 0.4) is 0 Å². The normalized spacial score (nSPS) is 22.3. The van der Waals surface area contributed by atoms with Crippen LogP contribution in [0.2, 0.25) is 0 Å². The predicted molar refractivity (Wildman–Crippen MR) is 70.7 cm³/mol. The third kappa shape index (κ3) is 2.08. The van der Waals surface area contributed by atoms with Gasteiger partial charge in [0.2, 0.25) is 16.8 Å². The van der Waals surface area contributed by atoms with E-state index in [-0.39, 0.29) is 18.6 Å². The van der Waals surface area contributed by atoms with Gasteiger partial charge in [0, 0.05) is 12.6 Å². The molecule has 6 heteroatoms. The minimum absolute atomic E-state index is 0.0159. The molecule has 3 rings (SSSR count). The van der Waals surface area contributed by atoms with Crippen LogP contribution >= 0.6 is 0 Å². The van der Waals surface area contributed by atoms with Gasteiger partial charge in [0.1, 0.15) is 0 Å². The summed E-state index contributed by atoms with van der Waals surface area (Å²) in [5, 5.41) is 0. The van der Waals surface area contributed by atoms with E-state index in [0.29, 0.717) is 18.7 Å². The number of sulfonamides is 1. The summed E-state index contributed by atoms with van der Waals surface area (Å²) in [7, 11) is -3.17. The van der Waals surface area contributed by atoms with Crippen molar-refractivity contribution in [1.82, 2.24) is 4.31 Å². The lowest BCUT2D eigenvalue weighted by Crippen LogP contribution is -2.43. The van der Waals surface area contributed by atoms with Gasteiger partial charge in [0.15, 0.2) is 11.5 Å². The highest BCUT2D eigenvalue weighted by molar-refractivity contribution is 7.89. The van der Waals surface area contributed by atoms with Crippen LogP contribution in [-0.4, -0.2) is 31.3 Å². The van der Waals surface area contributed by atoms with Crippen molar-refractivity contribution >= 4 is 10.0 Å². The Bertz CT molecular complexity index is 611. The van der Waals surface area contributed by atoms with Crippen LogP contribution < -0.4 is 9.47 Å². The molecule has 104 valence electrons. The molecule has 0 spiro atoms. The molecular weight excluding hydrogens is 266 g/mol. The number of benzene rings is 1. The summed E-state index contributed by atoms with van der Waals surface area (Å²) in [5.74, 6) is 1.61. The maximum atomic E-state index is 12.1. The Labute approximate surface area is 113 Å². The predicted octanol–water partition coefficient (Wildman–Crippen LogP) is 1.51. The third-order valence-corrected chi connectivity index (χ3v) is 5.68. The molecule has 0 N–H and O–H groups in total. The molecule has 1 atom stereocenters. The fourth-order valence-electron chi connectivity index (χ4n) is 2.65. The van der Waals surface area contributed by atoms with E-state index in [1.807, 2.05) is 19.1 Å². The SMILES string of the molecule is CCS(=O)(=O)N1Cc2cc3c(cc2CC1C)OCO3. The van der Waals surface area contributed by atoms with Crippen molar-refractivity contribution in [2.75, 3.05) is 12.5 Å². The summed E-state index contributed by atoms with van der Waals surface area (Å²) in [6, 6.07) is 3.86. The average Bonchev–Trinajstić information content (AvgIpc) is 2.82. The molecule has 2 heterocycles. The Kier molecular flexibility index (Phi) is 2.94. The van der Waals surface area contributed by atoms with Crippen LogP contribution in [0.5, 0.6) is 11.5 Å². The van der Waals surface area contributed by atoms with E-state index in [2.05, 4.69) is 0 Å². The highest BCUT2D eigenvalue weighted by Gasteiger charge is 2.32. The first kappa shape index (κ1) is 12.7. The van der Waals surface area contributed by atoms with Gasteiger partial charge in [-0.1, -0.05) is 0 Å². The fourth-order valence-corrected chi connectivity index (χ4v) is 3.94. The Morgan fingerprint density at radius 3 is 2.53 bits per heavy atom. The van der Waals surface area contributed by atoms with E-state index < -0.39 is 10.0 Å². The van der Waals surface area contributed by atoms with Crippen LogP contribution in [0.25, 0.3) is 0 Å². The first-order valence-electron chi connectivity index (χ1n) is 6.42. The molecule has 1 aromatic carbocycles. The zero-order valence-corrected chi connectivity index (χ0v) is 11.9. The largest absolute Gasteiger partial charge is 0.454 e. The summed E-state index contributed by atoms with van der Waals surface area (Å²) in [6.07, 6.45) is 0.713. The van der Waals surface area contributed by atoms with Gasteiger partial charge in [0.05, 0.1) is 5.75 Å². The van der Waals surface area contributed by atoms with Crippen LogP contribution in [0.4, 0.5) is 0 Å². The number of ether oxygens (including phenoxy) is 2. The van der Waals surface area contributed by atoms with Gasteiger partial charge in [0.25, 0.3) is 0 Å². The number of rotatable bonds is 2. The van der Waals surface area contributed by atoms with Crippen molar-refractivity contribution in [3.63, 3.8) is 0 Å². The Morgan fingerprint density at radius 2 is 1.89 bits per heavy atom. The van der Waals surface area contributed by atoms with Gasteiger partial charge in [-0.05, 0) is 43.5 Å². The highest BCUT2D eigenvalue weighted by Crippen LogP contribution is 2.38. The van der Waals surface area contributed by atoms with Gasteiger partial charge in [-0.3, -0.25) is 0 Å². The molecule has 0 radical (unpaired) electrons. The first-order chi connectivity index (χ1) is 9.01. The van der Waals surface area contributed by atoms with Crippen molar-refractivity contribution in [3.8, 4) is 11.5 Å².